The molecule has 0 saturated carbocycles. The number of aromatic nitrogens is 2. The number of hydrogen-bond donors (Lipinski definition) is 0. The molecule has 0 atom stereocenters. The first-order valence-electron chi connectivity index (χ1n) is 4.63. The van der Waals surface area contributed by atoms with Crippen molar-refractivity contribution in [3.05, 3.63) is 52.4 Å². The molecule has 0 saturated heterocycles. The molecule has 0 aliphatic carbocycles. The molecule has 0 bridgehead atoms. The maximum Gasteiger partial charge on any atom is 0.275 e. The highest BCUT2D eigenvalue weighted by atomic mass is 79.9. The zero-order chi connectivity index (χ0) is 10.8. The molecule has 1 aromatic carbocycles. The molecule has 4 heteroatoms. The third kappa shape index (κ3) is 1.77. The lowest BCUT2D eigenvalue weighted by Crippen LogP contribution is -2.20. The number of rotatable bonds is 2. The van der Waals surface area contributed by atoms with Crippen LogP contribution in [-0.4, -0.2) is 9.36 Å². The molecule has 0 radical (unpaired) electrons. The van der Waals surface area contributed by atoms with Crippen molar-refractivity contribution in [2.45, 2.75) is 5.33 Å². The molecule has 1 heterocycles. The van der Waals surface area contributed by atoms with Crippen molar-refractivity contribution >= 4 is 15.9 Å². The van der Waals surface area contributed by atoms with E-state index in [1.807, 2.05) is 43.6 Å². The van der Waals surface area contributed by atoms with Gasteiger partial charge in [-0.05, 0) is 12.1 Å². The third-order valence-electron chi connectivity index (χ3n) is 2.27. The molecule has 3 nitrogen and oxygen atoms in total. The van der Waals surface area contributed by atoms with Gasteiger partial charge in [0.25, 0.3) is 5.56 Å². The van der Waals surface area contributed by atoms with Gasteiger partial charge in [0, 0.05) is 24.1 Å². The van der Waals surface area contributed by atoms with Crippen molar-refractivity contribution < 1.29 is 0 Å². The summed E-state index contributed by atoms with van der Waals surface area (Å²) < 4.78 is 3.45. The lowest BCUT2D eigenvalue weighted by atomic mass is 10.3. The molecule has 0 N–H and O–H groups in total. The predicted molar refractivity (Wildman–Crippen MR) is 63.6 cm³/mol. The second-order valence-corrected chi connectivity index (χ2v) is 3.87. The Morgan fingerprint density at radius 3 is 2.47 bits per heavy atom. The van der Waals surface area contributed by atoms with E-state index >= 15 is 0 Å². The molecule has 2 aromatic rings. The Balaban J connectivity index is 2.64. The summed E-state index contributed by atoms with van der Waals surface area (Å²) in [5.74, 6) is 0. The van der Waals surface area contributed by atoms with E-state index in [0.29, 0.717) is 5.33 Å². The fourth-order valence-corrected chi connectivity index (χ4v) is 1.96. The maximum atomic E-state index is 11.9. The minimum absolute atomic E-state index is 0.0283. The summed E-state index contributed by atoms with van der Waals surface area (Å²) in [5, 5.41) is 0.583. The number of alkyl halides is 1. The minimum Gasteiger partial charge on any atom is -0.288 e. The molecule has 0 fully saturated rings. The van der Waals surface area contributed by atoms with Gasteiger partial charge in [0.1, 0.15) is 0 Å². The van der Waals surface area contributed by atoms with Gasteiger partial charge in [-0.3, -0.25) is 9.48 Å². The van der Waals surface area contributed by atoms with Gasteiger partial charge in [0.15, 0.2) is 0 Å². The lowest BCUT2D eigenvalue weighted by molar-refractivity contribution is 0.646. The normalized spacial score (nSPS) is 10.5. The molecule has 78 valence electrons. The highest BCUT2D eigenvalue weighted by Crippen LogP contribution is 2.06. The Kier molecular flexibility index (Phi) is 2.77. The number of halogens is 1. The van der Waals surface area contributed by atoms with Gasteiger partial charge >= 0.3 is 0 Å². The van der Waals surface area contributed by atoms with E-state index in [4.69, 9.17) is 0 Å². The Morgan fingerprint density at radius 2 is 1.93 bits per heavy atom. The van der Waals surface area contributed by atoms with Gasteiger partial charge in [-0.15, -0.1) is 0 Å². The molecule has 0 aliphatic rings. The molecule has 0 aliphatic heterocycles. The van der Waals surface area contributed by atoms with Crippen LogP contribution in [0.1, 0.15) is 5.56 Å². The Morgan fingerprint density at radius 1 is 1.27 bits per heavy atom. The van der Waals surface area contributed by atoms with Crippen molar-refractivity contribution in [3.8, 4) is 5.69 Å². The summed E-state index contributed by atoms with van der Waals surface area (Å²) in [6.07, 6.45) is 1.84. The molecular weight excluding hydrogens is 256 g/mol. The number of aryl methyl sites for hydroxylation is 1. The van der Waals surface area contributed by atoms with Crippen LogP contribution in [0.4, 0.5) is 0 Å². The van der Waals surface area contributed by atoms with Crippen LogP contribution in [-0.2, 0) is 12.4 Å². The molecular formula is C11H11BrN2O. The SMILES string of the molecule is Cn1cc(CBr)c(=O)n1-c1ccccc1. The summed E-state index contributed by atoms with van der Waals surface area (Å²) in [5.41, 5.74) is 1.68. The fraction of sp³-hybridized carbons (Fsp3) is 0.182. The van der Waals surface area contributed by atoms with Crippen LogP contribution < -0.4 is 5.56 Å². The van der Waals surface area contributed by atoms with Gasteiger partial charge in [0.05, 0.1) is 5.69 Å². The van der Waals surface area contributed by atoms with Gasteiger partial charge in [-0.2, -0.15) is 0 Å². The summed E-state index contributed by atoms with van der Waals surface area (Å²) >= 11 is 3.30. The zero-order valence-electron chi connectivity index (χ0n) is 8.35. The standard InChI is InChI=1S/C11H11BrN2O/c1-13-8-9(7-12)11(15)14(13)10-5-3-2-4-6-10/h2-6,8H,7H2,1H3. The maximum absolute atomic E-state index is 11.9. The number of para-hydroxylation sites is 1. The van der Waals surface area contributed by atoms with E-state index in [-0.39, 0.29) is 5.56 Å². The Hall–Kier alpha value is -1.29. The highest BCUT2D eigenvalue weighted by molar-refractivity contribution is 9.08. The van der Waals surface area contributed by atoms with Gasteiger partial charge < -0.3 is 0 Å². The van der Waals surface area contributed by atoms with E-state index in [1.165, 1.54) is 0 Å². The molecule has 2 rings (SSSR count). The highest BCUT2D eigenvalue weighted by Gasteiger charge is 2.08. The summed E-state index contributed by atoms with van der Waals surface area (Å²) in [6, 6.07) is 9.60. The van der Waals surface area contributed by atoms with Crippen molar-refractivity contribution in [1.82, 2.24) is 9.36 Å². The molecule has 0 unspecified atom stereocenters. The summed E-state index contributed by atoms with van der Waals surface area (Å²) in [7, 11) is 1.86. The molecule has 0 spiro atoms. The van der Waals surface area contributed by atoms with E-state index < -0.39 is 0 Å². The van der Waals surface area contributed by atoms with Crippen LogP contribution in [0.15, 0.2) is 41.3 Å². The second kappa shape index (κ2) is 4.06. The number of benzene rings is 1. The van der Waals surface area contributed by atoms with Crippen molar-refractivity contribution in [3.63, 3.8) is 0 Å². The first-order valence-corrected chi connectivity index (χ1v) is 5.75. The average Bonchev–Trinajstić information content (AvgIpc) is 2.55. The van der Waals surface area contributed by atoms with Crippen LogP contribution in [0.5, 0.6) is 0 Å². The smallest absolute Gasteiger partial charge is 0.275 e. The molecule has 1 aromatic heterocycles. The third-order valence-corrected chi connectivity index (χ3v) is 2.87. The predicted octanol–water partition coefficient (Wildman–Crippen LogP) is 2.07. The largest absolute Gasteiger partial charge is 0.288 e. The van der Waals surface area contributed by atoms with Crippen LogP contribution in [0.25, 0.3) is 5.69 Å². The topological polar surface area (TPSA) is 26.9 Å². The van der Waals surface area contributed by atoms with Gasteiger partial charge in [-0.1, -0.05) is 34.1 Å². The van der Waals surface area contributed by atoms with E-state index in [9.17, 15) is 4.79 Å². The summed E-state index contributed by atoms with van der Waals surface area (Å²) in [4.78, 5) is 11.9. The Bertz CT molecular complexity index is 513. The first-order chi connectivity index (χ1) is 7.24. The van der Waals surface area contributed by atoms with Crippen molar-refractivity contribution in [2.75, 3.05) is 0 Å². The van der Waals surface area contributed by atoms with E-state index in [2.05, 4.69) is 15.9 Å². The summed E-state index contributed by atoms with van der Waals surface area (Å²) in [6.45, 7) is 0. The fourth-order valence-electron chi connectivity index (χ4n) is 1.58. The lowest BCUT2D eigenvalue weighted by Gasteiger charge is -2.05. The molecule has 15 heavy (non-hydrogen) atoms. The first kappa shape index (κ1) is 10.2. The van der Waals surface area contributed by atoms with Crippen LogP contribution in [0.3, 0.4) is 0 Å². The number of nitrogens with zero attached hydrogens (tertiary/aromatic N) is 2. The number of hydrogen-bond acceptors (Lipinski definition) is 1. The van der Waals surface area contributed by atoms with Crippen LogP contribution in [0.2, 0.25) is 0 Å². The van der Waals surface area contributed by atoms with Crippen LogP contribution in [0, 0.1) is 0 Å². The Labute approximate surface area is 96.1 Å². The quantitative estimate of drug-likeness (QED) is 0.765. The second-order valence-electron chi connectivity index (χ2n) is 3.31. The van der Waals surface area contributed by atoms with Crippen molar-refractivity contribution in [2.24, 2.45) is 7.05 Å². The van der Waals surface area contributed by atoms with Crippen molar-refractivity contribution in [1.29, 1.82) is 0 Å². The molecule has 0 amide bonds. The van der Waals surface area contributed by atoms with Gasteiger partial charge in [-0.25, -0.2) is 4.68 Å². The zero-order valence-corrected chi connectivity index (χ0v) is 9.94. The van der Waals surface area contributed by atoms with Gasteiger partial charge in [0.2, 0.25) is 0 Å². The monoisotopic (exact) mass is 266 g/mol. The minimum atomic E-state index is 0.0283. The van der Waals surface area contributed by atoms with E-state index in [1.54, 1.807) is 9.36 Å². The van der Waals surface area contributed by atoms with E-state index in [0.717, 1.165) is 11.3 Å². The van der Waals surface area contributed by atoms with Crippen LogP contribution >= 0.6 is 15.9 Å². The average molecular weight is 267 g/mol.